The summed E-state index contributed by atoms with van der Waals surface area (Å²) in [6, 6.07) is 19.1. The van der Waals surface area contributed by atoms with Crippen molar-refractivity contribution in [3.63, 3.8) is 0 Å². The van der Waals surface area contributed by atoms with E-state index in [9.17, 15) is 0 Å². The highest BCUT2D eigenvalue weighted by atomic mass is 79.9. The first-order chi connectivity index (χ1) is 13.7. The summed E-state index contributed by atoms with van der Waals surface area (Å²) in [7, 11) is 1.73. The lowest BCUT2D eigenvalue weighted by molar-refractivity contribution is 0.409. The molecular formula is C23H23BrN2OS. The fraction of sp³-hybridized carbons (Fsp3) is 0.261. The Morgan fingerprint density at radius 1 is 1.11 bits per heavy atom. The van der Waals surface area contributed by atoms with E-state index in [0.29, 0.717) is 0 Å². The monoisotopic (exact) mass is 454 g/mol. The van der Waals surface area contributed by atoms with Crippen LogP contribution in [0, 0.1) is 0 Å². The maximum Gasteiger partial charge on any atom is 0.132 e. The lowest BCUT2D eigenvalue weighted by atomic mass is 10.1. The van der Waals surface area contributed by atoms with Crippen molar-refractivity contribution in [2.24, 2.45) is 4.99 Å². The summed E-state index contributed by atoms with van der Waals surface area (Å²) in [6.07, 6.45) is 1.93. The Kier molecular flexibility index (Phi) is 6.13. The topological polar surface area (TPSA) is 24.8 Å². The van der Waals surface area contributed by atoms with Crippen molar-refractivity contribution < 1.29 is 4.74 Å². The molecule has 0 fully saturated rings. The number of aliphatic imine (C=N–C) groups is 1. The van der Waals surface area contributed by atoms with Gasteiger partial charge in [0.05, 0.1) is 13.7 Å². The quantitative estimate of drug-likeness (QED) is 0.466. The molecular weight excluding hydrogens is 432 g/mol. The van der Waals surface area contributed by atoms with Crippen molar-refractivity contribution >= 4 is 33.1 Å². The molecule has 0 unspecified atom stereocenters. The van der Waals surface area contributed by atoms with Gasteiger partial charge in [-0.2, -0.15) is 0 Å². The highest BCUT2D eigenvalue weighted by Gasteiger charge is 2.22. The van der Waals surface area contributed by atoms with E-state index < -0.39 is 0 Å². The number of aryl methyl sites for hydroxylation is 2. The SMILES string of the molecule is COc1ccc(Br)cc1CCc1sccc1C1=NCCN1Cc1ccccc1. The third kappa shape index (κ3) is 4.31. The molecule has 5 heteroatoms. The molecule has 2 aromatic carbocycles. The molecule has 0 bridgehead atoms. The highest BCUT2D eigenvalue weighted by Crippen LogP contribution is 2.28. The van der Waals surface area contributed by atoms with Gasteiger partial charge in [-0.05, 0) is 53.6 Å². The average molecular weight is 455 g/mol. The molecule has 1 aromatic heterocycles. The van der Waals surface area contributed by atoms with E-state index >= 15 is 0 Å². The van der Waals surface area contributed by atoms with Gasteiger partial charge in [0.1, 0.15) is 11.6 Å². The van der Waals surface area contributed by atoms with Crippen LogP contribution in [0.2, 0.25) is 0 Å². The molecule has 3 aromatic rings. The molecule has 0 saturated carbocycles. The van der Waals surface area contributed by atoms with Crippen molar-refractivity contribution in [3.05, 3.63) is 86.0 Å². The average Bonchev–Trinajstić information content (AvgIpc) is 3.36. The molecule has 144 valence electrons. The minimum atomic E-state index is 0.872. The van der Waals surface area contributed by atoms with E-state index in [1.165, 1.54) is 21.6 Å². The van der Waals surface area contributed by atoms with Gasteiger partial charge < -0.3 is 9.64 Å². The minimum absolute atomic E-state index is 0.872. The summed E-state index contributed by atoms with van der Waals surface area (Å²) in [5, 5.41) is 2.18. The number of nitrogens with zero attached hydrogens (tertiary/aromatic N) is 2. The number of hydrogen-bond donors (Lipinski definition) is 0. The summed E-state index contributed by atoms with van der Waals surface area (Å²) < 4.78 is 6.62. The van der Waals surface area contributed by atoms with Crippen molar-refractivity contribution in [1.82, 2.24) is 4.90 Å². The van der Waals surface area contributed by atoms with Crippen LogP contribution in [-0.4, -0.2) is 30.9 Å². The van der Waals surface area contributed by atoms with E-state index in [0.717, 1.165) is 48.5 Å². The van der Waals surface area contributed by atoms with Crippen molar-refractivity contribution in [2.75, 3.05) is 20.2 Å². The Morgan fingerprint density at radius 2 is 1.96 bits per heavy atom. The molecule has 0 N–H and O–H groups in total. The van der Waals surface area contributed by atoms with Crippen LogP contribution in [-0.2, 0) is 19.4 Å². The number of methoxy groups -OCH3 is 1. The number of ether oxygens (including phenoxy) is 1. The molecule has 0 spiro atoms. The minimum Gasteiger partial charge on any atom is -0.496 e. The second-order valence-electron chi connectivity index (χ2n) is 6.83. The number of amidine groups is 1. The van der Waals surface area contributed by atoms with E-state index in [2.05, 4.69) is 68.7 Å². The van der Waals surface area contributed by atoms with Gasteiger partial charge >= 0.3 is 0 Å². The Morgan fingerprint density at radius 3 is 2.79 bits per heavy atom. The second-order valence-corrected chi connectivity index (χ2v) is 8.74. The Balaban J connectivity index is 1.50. The van der Waals surface area contributed by atoms with Crippen LogP contribution >= 0.6 is 27.3 Å². The van der Waals surface area contributed by atoms with Crippen LogP contribution in [0.15, 0.2) is 69.4 Å². The van der Waals surface area contributed by atoms with Gasteiger partial charge in [0.15, 0.2) is 0 Å². The third-order valence-electron chi connectivity index (χ3n) is 5.00. The van der Waals surface area contributed by atoms with Crippen LogP contribution in [0.1, 0.15) is 21.6 Å². The molecule has 0 radical (unpaired) electrons. The van der Waals surface area contributed by atoms with Crippen LogP contribution in [0.5, 0.6) is 5.75 Å². The van der Waals surface area contributed by atoms with Crippen molar-refractivity contribution in [1.29, 1.82) is 0 Å². The first kappa shape index (κ1) is 19.2. The molecule has 3 nitrogen and oxygen atoms in total. The maximum atomic E-state index is 5.53. The maximum absolute atomic E-state index is 5.53. The molecule has 0 atom stereocenters. The molecule has 28 heavy (non-hydrogen) atoms. The normalized spacial score (nSPS) is 13.6. The molecule has 4 rings (SSSR count). The third-order valence-corrected chi connectivity index (χ3v) is 6.47. The number of benzene rings is 2. The van der Waals surface area contributed by atoms with Crippen LogP contribution in [0.3, 0.4) is 0 Å². The van der Waals surface area contributed by atoms with Gasteiger partial charge in [-0.25, -0.2) is 0 Å². The molecule has 1 aliphatic rings. The fourth-order valence-corrected chi connectivity index (χ4v) is 4.90. The van der Waals surface area contributed by atoms with E-state index in [-0.39, 0.29) is 0 Å². The number of hydrogen-bond acceptors (Lipinski definition) is 4. The first-order valence-electron chi connectivity index (χ1n) is 9.47. The highest BCUT2D eigenvalue weighted by molar-refractivity contribution is 9.10. The summed E-state index contributed by atoms with van der Waals surface area (Å²) in [5.74, 6) is 2.09. The smallest absolute Gasteiger partial charge is 0.132 e. The summed E-state index contributed by atoms with van der Waals surface area (Å²) in [5.41, 5.74) is 3.84. The van der Waals surface area contributed by atoms with Gasteiger partial charge in [0.25, 0.3) is 0 Å². The van der Waals surface area contributed by atoms with Gasteiger partial charge in [-0.3, -0.25) is 4.99 Å². The zero-order chi connectivity index (χ0) is 19.3. The van der Waals surface area contributed by atoms with E-state index in [1.54, 1.807) is 7.11 Å². The largest absolute Gasteiger partial charge is 0.496 e. The molecule has 1 aliphatic heterocycles. The molecule has 0 amide bonds. The van der Waals surface area contributed by atoms with Crippen molar-refractivity contribution in [3.8, 4) is 5.75 Å². The number of thiophene rings is 1. The predicted molar refractivity (Wildman–Crippen MR) is 121 cm³/mol. The summed E-state index contributed by atoms with van der Waals surface area (Å²) in [6.45, 7) is 2.77. The van der Waals surface area contributed by atoms with Crippen LogP contribution in [0.4, 0.5) is 0 Å². The number of halogens is 1. The predicted octanol–water partition coefficient (Wildman–Crippen LogP) is 5.57. The molecule has 2 heterocycles. The zero-order valence-electron chi connectivity index (χ0n) is 15.9. The van der Waals surface area contributed by atoms with Gasteiger partial charge in [-0.1, -0.05) is 46.3 Å². The Labute approximate surface area is 178 Å². The van der Waals surface area contributed by atoms with Crippen molar-refractivity contribution in [2.45, 2.75) is 19.4 Å². The van der Waals surface area contributed by atoms with Gasteiger partial charge in [0.2, 0.25) is 0 Å². The standard InChI is InChI=1S/C23H23BrN2OS/c1-27-21-9-8-19(24)15-18(21)7-10-22-20(11-14-28-22)23-25-12-13-26(23)16-17-5-3-2-4-6-17/h2-6,8-9,11,14-15H,7,10,12-13,16H2,1H3. The van der Waals surface area contributed by atoms with Gasteiger partial charge in [-0.15, -0.1) is 11.3 Å². The van der Waals surface area contributed by atoms with E-state index in [4.69, 9.17) is 9.73 Å². The lowest BCUT2D eigenvalue weighted by Crippen LogP contribution is -2.28. The second kappa shape index (κ2) is 8.93. The zero-order valence-corrected chi connectivity index (χ0v) is 18.3. The summed E-state index contributed by atoms with van der Waals surface area (Å²) >= 11 is 5.39. The van der Waals surface area contributed by atoms with Crippen LogP contribution in [0.25, 0.3) is 0 Å². The van der Waals surface area contributed by atoms with Gasteiger partial charge in [0, 0.05) is 28.0 Å². The molecule has 0 aliphatic carbocycles. The fourth-order valence-electron chi connectivity index (χ4n) is 3.62. The van der Waals surface area contributed by atoms with E-state index in [1.807, 2.05) is 23.5 Å². The molecule has 0 saturated heterocycles. The number of rotatable bonds is 7. The lowest BCUT2D eigenvalue weighted by Gasteiger charge is -2.21. The first-order valence-corrected chi connectivity index (χ1v) is 11.1. The van der Waals surface area contributed by atoms with Crippen LogP contribution < -0.4 is 4.74 Å². The Hall–Kier alpha value is -2.11. The summed E-state index contributed by atoms with van der Waals surface area (Å²) in [4.78, 5) is 8.63. The Bertz CT molecular complexity index is 968.